The van der Waals surface area contributed by atoms with Gasteiger partial charge in [-0.2, -0.15) is 0 Å². The van der Waals surface area contributed by atoms with Gasteiger partial charge in [0, 0.05) is 30.9 Å². The van der Waals surface area contributed by atoms with Crippen LogP contribution < -0.4 is 10.6 Å². The van der Waals surface area contributed by atoms with Gasteiger partial charge in [0.25, 0.3) is 5.91 Å². The van der Waals surface area contributed by atoms with Crippen LogP contribution in [0.15, 0.2) is 18.2 Å². The molecule has 0 radical (unpaired) electrons. The number of fused-ring (bicyclic) bond motifs is 1. The van der Waals surface area contributed by atoms with E-state index in [1.54, 1.807) is 0 Å². The van der Waals surface area contributed by atoms with E-state index >= 15 is 0 Å². The predicted octanol–water partition coefficient (Wildman–Crippen LogP) is 1.16. The third-order valence-corrected chi connectivity index (χ3v) is 2.95. The molecule has 0 bridgehead atoms. The molecule has 1 aliphatic rings. The molecule has 0 spiro atoms. The van der Waals surface area contributed by atoms with Crippen molar-refractivity contribution >= 4 is 11.6 Å². The average Bonchev–Trinajstić information content (AvgIpc) is 2.81. The Morgan fingerprint density at radius 3 is 3.12 bits per heavy atom. The Morgan fingerprint density at radius 1 is 1.41 bits per heavy atom. The number of carbonyl (C=O) groups excluding carboxylic acids is 1. The Bertz CT molecular complexity index is 404. The van der Waals surface area contributed by atoms with Gasteiger partial charge in [0.05, 0.1) is 0 Å². The Labute approximate surface area is 101 Å². The number of hydrogen-bond acceptors (Lipinski definition) is 3. The Morgan fingerprint density at radius 2 is 2.29 bits per heavy atom. The highest BCUT2D eigenvalue weighted by Gasteiger charge is 2.12. The summed E-state index contributed by atoms with van der Waals surface area (Å²) in [6, 6.07) is 5.76. The number of unbranched alkanes of at least 4 members (excludes halogenated alkanes) is 1. The first-order valence-electron chi connectivity index (χ1n) is 6.07. The van der Waals surface area contributed by atoms with Crippen molar-refractivity contribution in [2.75, 3.05) is 25.0 Å². The number of aliphatic hydroxyl groups is 1. The molecule has 0 aromatic heterocycles. The maximum atomic E-state index is 11.8. The summed E-state index contributed by atoms with van der Waals surface area (Å²) in [4.78, 5) is 11.8. The lowest BCUT2D eigenvalue weighted by Gasteiger charge is -2.06. The van der Waals surface area contributed by atoms with Crippen molar-refractivity contribution in [2.24, 2.45) is 0 Å². The molecule has 0 saturated heterocycles. The van der Waals surface area contributed by atoms with Crippen LogP contribution in [-0.2, 0) is 6.42 Å². The number of anilines is 1. The monoisotopic (exact) mass is 234 g/mol. The van der Waals surface area contributed by atoms with Crippen LogP contribution >= 0.6 is 0 Å². The topological polar surface area (TPSA) is 61.4 Å². The van der Waals surface area contributed by atoms with Crippen LogP contribution in [0.2, 0.25) is 0 Å². The summed E-state index contributed by atoms with van der Waals surface area (Å²) in [5.74, 6) is -0.0300. The van der Waals surface area contributed by atoms with Gasteiger partial charge in [-0.05, 0) is 43.0 Å². The minimum atomic E-state index is -0.0300. The van der Waals surface area contributed by atoms with Gasteiger partial charge in [-0.25, -0.2) is 0 Å². The van der Waals surface area contributed by atoms with Gasteiger partial charge in [0.2, 0.25) is 0 Å². The minimum Gasteiger partial charge on any atom is -0.396 e. The summed E-state index contributed by atoms with van der Waals surface area (Å²) in [5.41, 5.74) is 3.08. The fourth-order valence-electron chi connectivity index (χ4n) is 1.99. The highest BCUT2D eigenvalue weighted by Crippen LogP contribution is 2.22. The van der Waals surface area contributed by atoms with Crippen LogP contribution in [0.25, 0.3) is 0 Å². The molecule has 0 aliphatic carbocycles. The maximum absolute atomic E-state index is 11.8. The summed E-state index contributed by atoms with van der Waals surface area (Å²) in [6.07, 6.45) is 2.53. The molecule has 0 fully saturated rings. The first-order chi connectivity index (χ1) is 8.31. The summed E-state index contributed by atoms with van der Waals surface area (Å²) in [7, 11) is 0. The van der Waals surface area contributed by atoms with E-state index in [0.29, 0.717) is 6.54 Å². The number of benzene rings is 1. The van der Waals surface area contributed by atoms with Crippen LogP contribution in [0.4, 0.5) is 5.69 Å². The van der Waals surface area contributed by atoms with Crippen LogP contribution in [0, 0.1) is 0 Å². The predicted molar refractivity (Wildman–Crippen MR) is 67.3 cm³/mol. The fraction of sp³-hybridized carbons (Fsp3) is 0.462. The first kappa shape index (κ1) is 11.9. The van der Waals surface area contributed by atoms with Gasteiger partial charge in [-0.1, -0.05) is 0 Å². The molecule has 1 aliphatic heterocycles. The number of carbonyl (C=O) groups is 1. The zero-order valence-electron chi connectivity index (χ0n) is 9.83. The molecule has 92 valence electrons. The second-order valence-electron chi connectivity index (χ2n) is 4.24. The summed E-state index contributed by atoms with van der Waals surface area (Å²) < 4.78 is 0. The van der Waals surface area contributed by atoms with Gasteiger partial charge in [-0.3, -0.25) is 4.79 Å². The van der Waals surface area contributed by atoms with E-state index < -0.39 is 0 Å². The molecule has 3 N–H and O–H groups in total. The number of amides is 1. The standard InChI is InChI=1S/C13H18N2O2/c16-8-2-1-6-15-13(17)11-3-4-12-10(9-11)5-7-14-12/h3-4,9,14,16H,1-2,5-8H2,(H,15,17). The molecule has 1 amide bonds. The van der Waals surface area contributed by atoms with Gasteiger partial charge in [0.1, 0.15) is 0 Å². The van der Waals surface area contributed by atoms with Crippen molar-refractivity contribution < 1.29 is 9.90 Å². The summed E-state index contributed by atoms with van der Waals surface area (Å²) in [6.45, 7) is 1.76. The van der Waals surface area contributed by atoms with E-state index in [0.717, 1.165) is 37.1 Å². The summed E-state index contributed by atoms with van der Waals surface area (Å²) in [5, 5.41) is 14.8. The van der Waals surface area contributed by atoms with Crippen molar-refractivity contribution in [2.45, 2.75) is 19.3 Å². The molecule has 17 heavy (non-hydrogen) atoms. The zero-order valence-corrected chi connectivity index (χ0v) is 9.83. The van der Waals surface area contributed by atoms with E-state index in [1.165, 1.54) is 5.56 Å². The van der Waals surface area contributed by atoms with Gasteiger partial charge in [-0.15, -0.1) is 0 Å². The Balaban J connectivity index is 1.91. The van der Waals surface area contributed by atoms with Crippen LogP contribution in [0.3, 0.4) is 0 Å². The second kappa shape index (κ2) is 5.68. The molecular formula is C13H18N2O2. The van der Waals surface area contributed by atoms with Crippen LogP contribution in [0.5, 0.6) is 0 Å². The fourth-order valence-corrected chi connectivity index (χ4v) is 1.99. The van der Waals surface area contributed by atoms with Crippen molar-refractivity contribution in [1.82, 2.24) is 5.32 Å². The number of hydrogen-bond donors (Lipinski definition) is 3. The molecular weight excluding hydrogens is 216 g/mol. The number of nitrogens with one attached hydrogen (secondary N) is 2. The van der Waals surface area contributed by atoms with E-state index in [-0.39, 0.29) is 12.5 Å². The molecule has 4 nitrogen and oxygen atoms in total. The van der Waals surface area contributed by atoms with Crippen LogP contribution in [-0.4, -0.2) is 30.7 Å². The first-order valence-corrected chi connectivity index (χ1v) is 6.07. The normalized spacial score (nSPS) is 13.0. The molecule has 0 saturated carbocycles. The minimum absolute atomic E-state index is 0.0300. The Hall–Kier alpha value is -1.55. The highest BCUT2D eigenvalue weighted by molar-refractivity contribution is 5.95. The average molecular weight is 234 g/mol. The zero-order chi connectivity index (χ0) is 12.1. The van der Waals surface area contributed by atoms with Crippen molar-refractivity contribution in [3.63, 3.8) is 0 Å². The SMILES string of the molecule is O=C(NCCCCO)c1ccc2c(c1)CCN2. The molecule has 0 atom stereocenters. The van der Waals surface area contributed by atoms with Gasteiger partial charge in [0.15, 0.2) is 0 Å². The summed E-state index contributed by atoms with van der Waals surface area (Å²) >= 11 is 0. The van der Waals surface area contributed by atoms with Crippen molar-refractivity contribution in [3.05, 3.63) is 29.3 Å². The van der Waals surface area contributed by atoms with Crippen molar-refractivity contribution in [1.29, 1.82) is 0 Å². The second-order valence-corrected chi connectivity index (χ2v) is 4.24. The molecule has 4 heteroatoms. The maximum Gasteiger partial charge on any atom is 0.251 e. The van der Waals surface area contributed by atoms with Crippen molar-refractivity contribution in [3.8, 4) is 0 Å². The van der Waals surface area contributed by atoms with E-state index in [9.17, 15) is 4.79 Å². The number of aliphatic hydroxyl groups excluding tert-OH is 1. The third-order valence-electron chi connectivity index (χ3n) is 2.95. The van der Waals surface area contributed by atoms with E-state index in [2.05, 4.69) is 10.6 Å². The van der Waals surface area contributed by atoms with E-state index in [4.69, 9.17) is 5.11 Å². The molecule has 2 rings (SSSR count). The Kier molecular flexibility index (Phi) is 3.98. The lowest BCUT2D eigenvalue weighted by atomic mass is 10.1. The van der Waals surface area contributed by atoms with E-state index in [1.807, 2.05) is 18.2 Å². The largest absolute Gasteiger partial charge is 0.396 e. The third kappa shape index (κ3) is 2.97. The smallest absolute Gasteiger partial charge is 0.251 e. The highest BCUT2D eigenvalue weighted by atomic mass is 16.2. The molecule has 0 unspecified atom stereocenters. The lowest BCUT2D eigenvalue weighted by molar-refractivity contribution is 0.0952. The number of rotatable bonds is 5. The lowest BCUT2D eigenvalue weighted by Crippen LogP contribution is -2.24. The molecule has 1 aromatic carbocycles. The van der Waals surface area contributed by atoms with Gasteiger partial charge >= 0.3 is 0 Å². The van der Waals surface area contributed by atoms with Gasteiger partial charge < -0.3 is 15.7 Å². The van der Waals surface area contributed by atoms with Crippen LogP contribution in [0.1, 0.15) is 28.8 Å². The molecule has 1 aromatic rings. The molecule has 1 heterocycles. The quantitative estimate of drug-likeness (QED) is 0.670.